The van der Waals surface area contributed by atoms with Crippen molar-refractivity contribution >= 4 is 46.0 Å². The van der Waals surface area contributed by atoms with Crippen LogP contribution in [0.2, 0.25) is 5.02 Å². The summed E-state index contributed by atoms with van der Waals surface area (Å²) in [6.07, 6.45) is 8.08. The number of pyridine rings is 2. The first-order valence-electron chi connectivity index (χ1n) is 9.69. The number of carbonyl (C=O) groups is 2. The fourth-order valence-corrected chi connectivity index (χ4v) is 4.09. The number of benzene rings is 1. The van der Waals surface area contributed by atoms with E-state index in [0.717, 1.165) is 11.1 Å². The molecule has 0 radical (unpaired) electrons. The maximum Gasteiger partial charge on any atom is 0.267 e. The average molecular weight is 544 g/mol. The smallest absolute Gasteiger partial charge is 0.267 e. The molecule has 0 aliphatic carbocycles. The lowest BCUT2D eigenvalue weighted by molar-refractivity contribution is -0.123. The zero-order valence-electron chi connectivity index (χ0n) is 17.2. The van der Waals surface area contributed by atoms with Crippen molar-refractivity contribution in [3.8, 4) is 0 Å². The van der Waals surface area contributed by atoms with Crippen molar-refractivity contribution in [3.63, 3.8) is 0 Å². The van der Waals surface area contributed by atoms with Crippen molar-refractivity contribution < 1.29 is 26.6 Å². The minimum atomic E-state index is -0.419. The van der Waals surface area contributed by atoms with Crippen LogP contribution < -0.4 is 22.3 Å². The van der Waals surface area contributed by atoms with Gasteiger partial charge in [-0.3, -0.25) is 29.4 Å². The third-order valence-corrected chi connectivity index (χ3v) is 5.71. The van der Waals surface area contributed by atoms with E-state index >= 15 is 0 Å². The Balaban J connectivity index is 0.00000306. The molecule has 0 saturated carbocycles. The van der Waals surface area contributed by atoms with Gasteiger partial charge in [0.25, 0.3) is 5.91 Å². The number of hydrogen-bond acceptors (Lipinski definition) is 6. The largest absolute Gasteiger partial charge is 1.00 e. The van der Waals surface area contributed by atoms with Crippen LogP contribution in [-0.2, 0) is 22.7 Å². The number of amides is 2. The second-order valence-electron chi connectivity index (χ2n) is 6.82. The Morgan fingerprint density at radius 2 is 1.82 bits per heavy atom. The van der Waals surface area contributed by atoms with E-state index in [0.29, 0.717) is 33.9 Å². The summed E-state index contributed by atoms with van der Waals surface area (Å²) >= 11 is 7.13. The van der Waals surface area contributed by atoms with Gasteiger partial charge in [-0.2, -0.15) is 0 Å². The molecule has 3 heterocycles. The van der Waals surface area contributed by atoms with Crippen LogP contribution in [0.3, 0.4) is 0 Å². The number of nitrogens with one attached hydrogen (secondary N) is 1. The average Bonchev–Trinajstić information content (AvgIpc) is 3.08. The predicted molar refractivity (Wildman–Crippen MR) is 126 cm³/mol. The fraction of sp³-hybridized carbons (Fsp3) is 0.0870. The molecule has 168 valence electrons. The van der Waals surface area contributed by atoms with Gasteiger partial charge in [-0.25, -0.2) is 0 Å². The summed E-state index contributed by atoms with van der Waals surface area (Å²) in [6.45, 7) is 0.674. The first-order chi connectivity index (χ1) is 15.6. The molecule has 4 rings (SSSR count). The van der Waals surface area contributed by atoms with Gasteiger partial charge in [0.2, 0.25) is 5.91 Å². The highest BCUT2D eigenvalue weighted by Gasteiger charge is 2.34. The maximum absolute atomic E-state index is 13.1. The molecule has 2 aromatic heterocycles. The number of anilines is 1. The number of carbonyl (C=O) groups excluding carboxylic acids is 2. The van der Waals surface area contributed by atoms with Crippen LogP contribution in [0, 0.1) is 0 Å². The van der Waals surface area contributed by atoms with Gasteiger partial charge in [-0.05, 0) is 53.2 Å². The molecule has 7 nitrogen and oxygen atoms in total. The molecule has 0 unspecified atom stereocenters. The highest BCUT2D eigenvalue weighted by atomic mass is 79.9. The Morgan fingerprint density at radius 1 is 1.09 bits per heavy atom. The number of rotatable bonds is 6. The van der Waals surface area contributed by atoms with Crippen molar-refractivity contribution in [2.24, 2.45) is 4.99 Å². The van der Waals surface area contributed by atoms with E-state index in [4.69, 9.17) is 11.6 Å². The van der Waals surface area contributed by atoms with Crippen LogP contribution in [0.4, 0.5) is 5.69 Å². The second kappa shape index (κ2) is 11.7. The minimum absolute atomic E-state index is 0. The van der Waals surface area contributed by atoms with Gasteiger partial charge in [0, 0.05) is 41.6 Å². The molecule has 10 heteroatoms. The van der Waals surface area contributed by atoms with Crippen molar-refractivity contribution in [1.29, 1.82) is 0 Å². The van der Waals surface area contributed by atoms with Gasteiger partial charge < -0.3 is 22.3 Å². The zero-order valence-corrected chi connectivity index (χ0v) is 20.3. The first-order valence-corrected chi connectivity index (χ1v) is 10.9. The second-order valence-corrected chi connectivity index (χ2v) is 8.27. The fourth-order valence-electron chi connectivity index (χ4n) is 2.95. The number of nitrogens with zero attached hydrogens (tertiary/aromatic N) is 4. The SMILES string of the molecule is O=C(/C=C1\SC(=NCc2cccnc2)N(Cc2cccnc2)C1=O)Nc1cccc(Cl)c1.[Br-]. The van der Waals surface area contributed by atoms with Crippen LogP contribution in [-0.4, -0.2) is 31.8 Å². The zero-order chi connectivity index (χ0) is 22.3. The van der Waals surface area contributed by atoms with E-state index in [-0.39, 0.29) is 22.9 Å². The summed E-state index contributed by atoms with van der Waals surface area (Å²) in [5.74, 6) is -0.706. The van der Waals surface area contributed by atoms with E-state index in [9.17, 15) is 9.59 Å². The van der Waals surface area contributed by atoms with Crippen molar-refractivity contribution in [2.45, 2.75) is 13.1 Å². The van der Waals surface area contributed by atoms with Gasteiger partial charge in [-0.1, -0.05) is 29.8 Å². The summed E-state index contributed by atoms with van der Waals surface area (Å²) in [4.78, 5) is 40.3. The first kappa shape index (κ1) is 24.6. The van der Waals surface area contributed by atoms with Crippen molar-refractivity contribution in [3.05, 3.63) is 100 Å². The van der Waals surface area contributed by atoms with Gasteiger partial charge in [-0.15, -0.1) is 0 Å². The van der Waals surface area contributed by atoms with Crippen molar-refractivity contribution in [1.82, 2.24) is 14.9 Å². The minimum Gasteiger partial charge on any atom is -1.00 e. The number of aliphatic imine (C=N–C) groups is 1. The topological polar surface area (TPSA) is 87.6 Å². The lowest BCUT2D eigenvalue weighted by Crippen LogP contribution is -3.00. The lowest BCUT2D eigenvalue weighted by atomic mass is 10.2. The molecule has 1 aliphatic heterocycles. The van der Waals surface area contributed by atoms with Crippen LogP contribution in [0.1, 0.15) is 11.1 Å². The summed E-state index contributed by atoms with van der Waals surface area (Å²) in [6, 6.07) is 14.3. The third-order valence-electron chi connectivity index (χ3n) is 4.43. The van der Waals surface area contributed by atoms with Crippen LogP contribution in [0.5, 0.6) is 0 Å². The molecule has 0 spiro atoms. The molecule has 1 fully saturated rings. The van der Waals surface area contributed by atoms with E-state index in [2.05, 4.69) is 20.3 Å². The third kappa shape index (κ3) is 6.74. The number of hydrogen-bond donors (Lipinski definition) is 1. The highest BCUT2D eigenvalue weighted by molar-refractivity contribution is 8.18. The molecule has 1 N–H and O–H groups in total. The molecule has 3 aromatic rings. The Kier molecular flexibility index (Phi) is 8.76. The quantitative estimate of drug-likeness (QED) is 0.474. The maximum atomic E-state index is 13.1. The Hall–Kier alpha value is -3.01. The Morgan fingerprint density at radius 3 is 2.48 bits per heavy atom. The Labute approximate surface area is 210 Å². The van der Waals surface area contributed by atoms with E-state index in [1.54, 1.807) is 54.0 Å². The molecule has 1 aliphatic rings. The molecule has 1 aromatic carbocycles. The Bertz CT molecular complexity index is 1190. The van der Waals surface area contributed by atoms with Crippen LogP contribution in [0.25, 0.3) is 0 Å². The predicted octanol–water partition coefficient (Wildman–Crippen LogP) is 1.29. The monoisotopic (exact) mass is 542 g/mol. The van der Waals surface area contributed by atoms with Crippen LogP contribution in [0.15, 0.2) is 89.3 Å². The number of thioether (sulfide) groups is 1. The summed E-state index contributed by atoms with van der Waals surface area (Å²) in [5, 5.41) is 3.75. The molecule has 2 amide bonds. The molecule has 33 heavy (non-hydrogen) atoms. The lowest BCUT2D eigenvalue weighted by Gasteiger charge is -2.15. The normalized spacial score (nSPS) is 15.5. The van der Waals surface area contributed by atoms with Gasteiger partial charge in [0.1, 0.15) is 0 Å². The van der Waals surface area contributed by atoms with E-state index in [1.807, 2.05) is 24.3 Å². The number of amidine groups is 1. The number of halogens is 2. The standard InChI is InChI=1S/C23H18ClN5O2S.BrH/c24-18-6-1-7-19(10-18)28-21(30)11-20-22(31)29(15-17-5-3-9-26-13-17)23(32-20)27-14-16-4-2-8-25-12-16;/h1-13H,14-15H2,(H,28,30);1H/p-1/b20-11-,27-23?;. The van der Waals surface area contributed by atoms with Gasteiger partial charge >= 0.3 is 0 Å². The summed E-state index contributed by atoms with van der Waals surface area (Å²) in [5.41, 5.74) is 2.33. The van der Waals surface area contributed by atoms with Gasteiger partial charge in [0.05, 0.1) is 18.0 Å². The van der Waals surface area contributed by atoms with Gasteiger partial charge in [0.15, 0.2) is 5.17 Å². The highest BCUT2D eigenvalue weighted by Crippen LogP contribution is 2.32. The number of aromatic nitrogens is 2. The molecule has 0 bridgehead atoms. The molecule has 0 atom stereocenters. The summed E-state index contributed by atoms with van der Waals surface area (Å²) < 4.78 is 0. The summed E-state index contributed by atoms with van der Waals surface area (Å²) in [7, 11) is 0. The van der Waals surface area contributed by atoms with E-state index < -0.39 is 5.91 Å². The molecular formula is C23H18BrClN5O2S-. The molecular weight excluding hydrogens is 526 g/mol. The van der Waals surface area contributed by atoms with E-state index in [1.165, 1.54) is 17.8 Å². The molecule has 1 saturated heterocycles. The van der Waals surface area contributed by atoms with Crippen molar-refractivity contribution in [2.75, 3.05) is 5.32 Å². The van der Waals surface area contributed by atoms with Crippen LogP contribution >= 0.6 is 23.4 Å².